The summed E-state index contributed by atoms with van der Waals surface area (Å²) < 4.78 is 5.13. The number of fused-ring (bicyclic) bond motifs is 13. The van der Waals surface area contributed by atoms with Crippen LogP contribution in [0.3, 0.4) is 0 Å². The van der Waals surface area contributed by atoms with Gasteiger partial charge in [-0.05, 0) is 138 Å². The van der Waals surface area contributed by atoms with Gasteiger partial charge in [0.25, 0.3) is 6.71 Å². The van der Waals surface area contributed by atoms with Crippen molar-refractivity contribution in [3.63, 3.8) is 0 Å². The van der Waals surface area contributed by atoms with Crippen molar-refractivity contribution < 1.29 is 0 Å². The molecule has 0 spiro atoms. The molecule has 0 radical (unpaired) electrons. The smallest absolute Gasteiger partial charge is 0.252 e. The van der Waals surface area contributed by atoms with Gasteiger partial charge in [-0.25, -0.2) is 0 Å². The zero-order valence-corrected chi connectivity index (χ0v) is 53.8. The first kappa shape index (κ1) is 54.9. The van der Waals surface area contributed by atoms with Gasteiger partial charge in [0, 0.05) is 85.3 Å². The lowest BCUT2D eigenvalue weighted by Crippen LogP contribution is -2.61. The average molecular weight is 1250 g/mol. The van der Waals surface area contributed by atoms with Crippen LogP contribution in [-0.4, -0.2) is 6.71 Å². The Morgan fingerprint density at radius 1 is 0.240 bits per heavy atom. The topological polar surface area (TPSA) is 6.48 Å². The van der Waals surface area contributed by atoms with Gasteiger partial charge in [-0.1, -0.05) is 291 Å². The molecule has 96 heavy (non-hydrogen) atoms. The molecule has 2 aliphatic heterocycles. The summed E-state index contributed by atoms with van der Waals surface area (Å²) in [5, 5.41) is 5.06. The van der Waals surface area contributed by atoms with Gasteiger partial charge in [0.05, 0.1) is 16.8 Å². The molecule has 0 atom stereocenters. The van der Waals surface area contributed by atoms with Gasteiger partial charge in [0.2, 0.25) is 0 Å². The highest BCUT2D eigenvalue weighted by Crippen LogP contribution is 2.59. The number of nitrogens with zero attached hydrogens (tertiary/aromatic N) is 2. The Bertz CT molecular complexity index is 5540. The molecule has 5 heteroatoms. The molecule has 446 valence electrons. The molecule has 2 aromatic heterocycles. The fourth-order valence-electron chi connectivity index (χ4n) is 16.7. The standard InChI is InChI=1S/C91H57BN2S2/c1-7-27-58(28-8-1)66-42-25-43-67(59-29-9-2-10-30-59)89(66)93-80-54-74-72-40-20-23-47-84(72)95-86(74)56-78(80)92-79-57-87-75(73-41-21-24-48-85(73)96-87)55-81(79)94(90-68(60-31-11-3-12-32-60)44-26-45-69(90)61-33-13-4-14-34-61)83-53-63(52-82(93)88(83)92)62-49-50-71-70-39-19-22-46-76(70)91(77(71)51-62,64-35-15-5-16-36-64)65-37-17-6-18-38-65/h1-57H. The largest absolute Gasteiger partial charge is 0.310 e. The van der Waals surface area contributed by atoms with Crippen LogP contribution >= 0.6 is 22.7 Å². The van der Waals surface area contributed by atoms with Gasteiger partial charge in [-0.2, -0.15) is 0 Å². The van der Waals surface area contributed by atoms with E-state index in [1.54, 1.807) is 0 Å². The highest BCUT2D eigenvalue weighted by atomic mass is 32.1. The van der Waals surface area contributed by atoms with Crippen molar-refractivity contribution in [2.45, 2.75) is 5.41 Å². The number of thiophene rings is 2. The number of anilines is 6. The van der Waals surface area contributed by atoms with E-state index in [1.165, 1.54) is 101 Å². The molecule has 3 aliphatic rings. The molecular formula is C91H57BN2S2. The lowest BCUT2D eigenvalue weighted by Gasteiger charge is -2.46. The van der Waals surface area contributed by atoms with E-state index >= 15 is 0 Å². The predicted octanol–water partition coefficient (Wildman–Crippen LogP) is 23.2. The summed E-state index contributed by atoms with van der Waals surface area (Å²) in [6.07, 6.45) is 0. The van der Waals surface area contributed by atoms with E-state index in [0.717, 1.165) is 78.4 Å². The van der Waals surface area contributed by atoms with Crippen LogP contribution in [0.4, 0.5) is 34.1 Å². The van der Waals surface area contributed by atoms with Gasteiger partial charge in [-0.15, -0.1) is 22.7 Å². The van der Waals surface area contributed by atoms with Crippen LogP contribution in [-0.2, 0) is 5.41 Å². The van der Waals surface area contributed by atoms with E-state index in [0.29, 0.717) is 0 Å². The molecule has 2 nitrogen and oxygen atoms in total. The fourth-order valence-corrected chi connectivity index (χ4v) is 18.9. The summed E-state index contributed by atoms with van der Waals surface area (Å²) in [6, 6.07) is 131. The zero-order valence-electron chi connectivity index (χ0n) is 52.2. The van der Waals surface area contributed by atoms with Crippen molar-refractivity contribution in [3.05, 3.63) is 368 Å². The number of rotatable bonds is 9. The van der Waals surface area contributed by atoms with E-state index in [4.69, 9.17) is 0 Å². The number of benzene rings is 15. The predicted molar refractivity (Wildman–Crippen MR) is 411 cm³/mol. The van der Waals surface area contributed by atoms with Gasteiger partial charge >= 0.3 is 0 Å². The maximum atomic E-state index is 2.72. The second-order valence-corrected chi connectivity index (χ2v) is 27.9. The second-order valence-electron chi connectivity index (χ2n) is 25.7. The minimum atomic E-state index is -0.615. The Hall–Kier alpha value is -11.6. The van der Waals surface area contributed by atoms with Crippen molar-refractivity contribution in [2.24, 2.45) is 0 Å². The third-order valence-electron chi connectivity index (χ3n) is 20.7. The van der Waals surface area contributed by atoms with Crippen molar-refractivity contribution in [3.8, 4) is 66.8 Å². The third-order valence-corrected chi connectivity index (χ3v) is 23.0. The monoisotopic (exact) mass is 1250 g/mol. The minimum absolute atomic E-state index is 0.197. The van der Waals surface area contributed by atoms with Crippen LogP contribution in [0.25, 0.3) is 107 Å². The fraction of sp³-hybridized carbons (Fsp3) is 0.0110. The maximum absolute atomic E-state index is 2.72. The van der Waals surface area contributed by atoms with Crippen LogP contribution in [0, 0.1) is 0 Å². The van der Waals surface area contributed by atoms with Crippen LogP contribution in [0.5, 0.6) is 0 Å². The van der Waals surface area contributed by atoms with Crippen molar-refractivity contribution in [2.75, 3.05) is 9.80 Å². The average Bonchev–Trinajstić information content (AvgIpc) is 0.810. The number of hydrogen-bond acceptors (Lipinski definition) is 4. The van der Waals surface area contributed by atoms with Crippen molar-refractivity contribution in [1.82, 2.24) is 0 Å². The first-order valence-corrected chi connectivity index (χ1v) is 34.8. The first-order valence-electron chi connectivity index (χ1n) is 33.2. The van der Waals surface area contributed by atoms with Gasteiger partial charge in [0.1, 0.15) is 0 Å². The SMILES string of the molecule is c1ccc(-c2cccc(-c3ccccc3)c2N2c3cc4c(cc3B3c5cc6sc7ccccc7c6cc5N(c5c(-c6ccccc6)cccc5-c5ccccc5)c5cc(-c6ccc7c(c6)C(c6ccccc6)(c6ccccc6)c6ccccc6-7)cc2c53)sc2ccccc24)cc1. The zero-order chi connectivity index (χ0) is 63.0. The summed E-state index contributed by atoms with van der Waals surface area (Å²) >= 11 is 3.81. The maximum Gasteiger partial charge on any atom is 0.252 e. The molecule has 0 saturated carbocycles. The summed E-state index contributed by atoms with van der Waals surface area (Å²) in [6.45, 7) is -0.197. The van der Waals surface area contributed by atoms with E-state index in [-0.39, 0.29) is 6.71 Å². The molecule has 1 aliphatic carbocycles. The Labute approximate surface area is 566 Å². The molecule has 0 amide bonds. The van der Waals surface area contributed by atoms with Gasteiger partial charge < -0.3 is 9.80 Å². The first-order chi connectivity index (χ1) is 47.6. The minimum Gasteiger partial charge on any atom is -0.310 e. The van der Waals surface area contributed by atoms with Gasteiger partial charge in [-0.3, -0.25) is 0 Å². The Kier molecular flexibility index (Phi) is 12.4. The Balaban J connectivity index is 0.981. The molecule has 4 heterocycles. The lowest BCUT2D eigenvalue weighted by atomic mass is 9.33. The molecule has 15 aromatic carbocycles. The molecule has 0 bridgehead atoms. The molecule has 0 saturated heterocycles. The van der Waals surface area contributed by atoms with E-state index in [2.05, 4.69) is 356 Å². The summed E-state index contributed by atoms with van der Waals surface area (Å²) in [4.78, 5) is 5.43. The van der Waals surface area contributed by atoms with Crippen LogP contribution in [0.1, 0.15) is 22.3 Å². The Morgan fingerprint density at radius 2 is 0.615 bits per heavy atom. The Morgan fingerprint density at radius 3 is 1.06 bits per heavy atom. The second kappa shape index (κ2) is 21.7. The molecule has 17 aromatic rings. The molecular weight excluding hydrogens is 1200 g/mol. The number of hydrogen-bond donors (Lipinski definition) is 0. The van der Waals surface area contributed by atoms with E-state index in [1.807, 2.05) is 22.7 Å². The molecule has 0 fully saturated rings. The summed E-state index contributed by atoms with van der Waals surface area (Å²) in [5.41, 5.74) is 29.2. The molecule has 0 unspecified atom stereocenters. The lowest BCUT2D eigenvalue weighted by molar-refractivity contribution is 0.769. The third kappa shape index (κ3) is 8.18. The van der Waals surface area contributed by atoms with Crippen LogP contribution in [0.15, 0.2) is 346 Å². The normalized spacial score (nSPS) is 13.2. The molecule has 20 rings (SSSR count). The van der Waals surface area contributed by atoms with Crippen LogP contribution in [0.2, 0.25) is 0 Å². The van der Waals surface area contributed by atoms with Crippen molar-refractivity contribution in [1.29, 1.82) is 0 Å². The van der Waals surface area contributed by atoms with Gasteiger partial charge in [0.15, 0.2) is 0 Å². The number of para-hydroxylation sites is 2. The summed E-state index contributed by atoms with van der Waals surface area (Å²) in [7, 11) is 0. The van der Waals surface area contributed by atoms with Crippen molar-refractivity contribution >= 4 is 120 Å². The highest BCUT2D eigenvalue weighted by Gasteiger charge is 2.48. The van der Waals surface area contributed by atoms with Crippen LogP contribution < -0.4 is 26.2 Å². The molecule has 0 N–H and O–H groups in total. The summed E-state index contributed by atoms with van der Waals surface area (Å²) in [5.74, 6) is 0. The highest BCUT2D eigenvalue weighted by molar-refractivity contribution is 7.26. The quantitative estimate of drug-likeness (QED) is 0.133. The van der Waals surface area contributed by atoms with E-state index in [9.17, 15) is 0 Å². The van der Waals surface area contributed by atoms with E-state index < -0.39 is 5.41 Å².